The Balaban J connectivity index is 2.61. The van der Waals surface area contributed by atoms with Gasteiger partial charge in [-0.05, 0) is 37.1 Å². The average molecular weight is 328 g/mol. The number of nitrogens with one attached hydrogen (secondary N) is 2. The highest BCUT2D eigenvalue weighted by Crippen LogP contribution is 2.30. The van der Waals surface area contributed by atoms with E-state index in [0.717, 1.165) is 11.5 Å². The van der Waals surface area contributed by atoms with Crippen molar-refractivity contribution in [1.82, 2.24) is 9.69 Å². The van der Waals surface area contributed by atoms with Gasteiger partial charge in [-0.2, -0.15) is 17.5 Å². The molecule has 0 unspecified atom stereocenters. The van der Waals surface area contributed by atoms with Gasteiger partial charge in [0.25, 0.3) is 5.91 Å². The number of alkyl halides is 3. The van der Waals surface area contributed by atoms with E-state index in [4.69, 9.17) is 5.73 Å². The highest BCUT2D eigenvalue weighted by Gasteiger charge is 2.27. The molecule has 0 bridgehead atoms. The van der Waals surface area contributed by atoms with Crippen LogP contribution in [0.3, 0.4) is 0 Å². The lowest BCUT2D eigenvalue weighted by Gasteiger charge is -2.10. The second-order valence-corrected chi connectivity index (χ2v) is 6.05. The van der Waals surface area contributed by atoms with Crippen LogP contribution >= 0.6 is 23.3 Å². The number of nitrogens with two attached hydrogens (primary N) is 1. The summed E-state index contributed by atoms with van der Waals surface area (Å²) in [5, 5.41) is 5.80. The first kappa shape index (κ1) is 16.9. The smallest absolute Gasteiger partial charge is 0.382 e. The molecule has 0 fully saturated rings. The molecule has 0 saturated heterocycles. The van der Waals surface area contributed by atoms with Crippen LogP contribution in [0.1, 0.15) is 24.2 Å². The van der Waals surface area contributed by atoms with Crippen LogP contribution in [-0.2, 0) is 0 Å². The number of carbonyl (C=O) groups excluding carboxylic acids is 1. The van der Waals surface area contributed by atoms with Gasteiger partial charge in [0.15, 0.2) is 5.82 Å². The Bertz CT molecular complexity index is 462. The molecule has 20 heavy (non-hydrogen) atoms. The minimum Gasteiger partial charge on any atom is -0.382 e. The molecule has 0 aliphatic rings. The number of nitrogen functional groups attached to an aromatic ring is 1. The van der Waals surface area contributed by atoms with Gasteiger partial charge in [-0.25, -0.2) is 0 Å². The molecule has 0 spiro atoms. The van der Waals surface area contributed by atoms with Crippen molar-refractivity contribution in [2.75, 3.05) is 23.3 Å². The first-order valence-electron chi connectivity index (χ1n) is 5.71. The highest BCUT2D eigenvalue weighted by molar-refractivity contribution is 8.00. The van der Waals surface area contributed by atoms with Crippen LogP contribution in [0.15, 0.2) is 0 Å². The predicted molar refractivity (Wildman–Crippen MR) is 76.1 cm³/mol. The van der Waals surface area contributed by atoms with Gasteiger partial charge in [0.1, 0.15) is 10.6 Å². The van der Waals surface area contributed by atoms with Crippen molar-refractivity contribution in [1.29, 1.82) is 0 Å². The summed E-state index contributed by atoms with van der Waals surface area (Å²) in [5.41, 5.74) is 1.53. The van der Waals surface area contributed by atoms with Gasteiger partial charge in [-0.1, -0.05) is 0 Å². The summed E-state index contributed by atoms with van der Waals surface area (Å²) >= 11 is 0.827. The zero-order valence-corrected chi connectivity index (χ0v) is 12.5. The monoisotopic (exact) mass is 328 g/mol. The number of nitrogens with zero attached hydrogens (tertiary/aromatic N) is 1. The first-order valence-corrected chi connectivity index (χ1v) is 7.47. The molecule has 1 heterocycles. The van der Waals surface area contributed by atoms with Crippen LogP contribution in [0.25, 0.3) is 0 Å². The summed E-state index contributed by atoms with van der Waals surface area (Å²) in [4.78, 5) is 11.9. The minimum atomic E-state index is -4.26. The Morgan fingerprint density at radius 1 is 1.50 bits per heavy atom. The molecule has 0 aliphatic carbocycles. The van der Waals surface area contributed by atoms with Gasteiger partial charge < -0.3 is 16.4 Å². The molecule has 114 valence electrons. The summed E-state index contributed by atoms with van der Waals surface area (Å²) in [6, 6.07) is -0.0737. The molecule has 1 amide bonds. The largest absolute Gasteiger partial charge is 0.441 e. The third kappa shape index (κ3) is 5.45. The number of hydrogen-bond donors (Lipinski definition) is 3. The van der Waals surface area contributed by atoms with E-state index in [-0.39, 0.29) is 41.5 Å². The number of hydrogen-bond acceptors (Lipinski definition) is 6. The van der Waals surface area contributed by atoms with Crippen molar-refractivity contribution in [2.24, 2.45) is 0 Å². The molecule has 0 saturated carbocycles. The fraction of sp³-hybridized carbons (Fsp3) is 0.600. The maximum absolute atomic E-state index is 12.0. The Morgan fingerprint density at radius 3 is 2.70 bits per heavy atom. The third-order valence-electron chi connectivity index (χ3n) is 2.02. The average Bonchev–Trinajstić information content (AvgIpc) is 2.64. The molecular formula is C10H15F3N4OS2. The normalized spacial score (nSPS) is 11.7. The predicted octanol–water partition coefficient (Wildman–Crippen LogP) is 2.53. The second-order valence-electron chi connectivity index (χ2n) is 4.12. The SMILES string of the molecule is CC(C)NC(=O)c1c(N)nsc1NCCSC(F)(F)F. The third-order valence-corrected chi connectivity index (χ3v) is 3.57. The quantitative estimate of drug-likeness (QED) is 0.699. The molecule has 0 atom stereocenters. The number of thioether (sulfide) groups is 1. The fourth-order valence-electron chi connectivity index (χ4n) is 1.31. The van der Waals surface area contributed by atoms with Crippen molar-refractivity contribution in [2.45, 2.75) is 25.4 Å². The summed E-state index contributed by atoms with van der Waals surface area (Å²) in [6.45, 7) is 3.65. The van der Waals surface area contributed by atoms with Crippen molar-refractivity contribution in [3.8, 4) is 0 Å². The molecule has 4 N–H and O–H groups in total. The van der Waals surface area contributed by atoms with Crippen LogP contribution in [0.5, 0.6) is 0 Å². The summed E-state index contributed by atoms with van der Waals surface area (Å²) < 4.78 is 39.8. The van der Waals surface area contributed by atoms with E-state index in [1.165, 1.54) is 0 Å². The van der Waals surface area contributed by atoms with Gasteiger partial charge in [0, 0.05) is 18.3 Å². The molecule has 1 aromatic heterocycles. The molecular weight excluding hydrogens is 313 g/mol. The highest BCUT2D eigenvalue weighted by atomic mass is 32.2. The zero-order chi connectivity index (χ0) is 15.3. The Morgan fingerprint density at radius 2 is 2.15 bits per heavy atom. The van der Waals surface area contributed by atoms with Gasteiger partial charge in [0.05, 0.1) is 0 Å². The lowest BCUT2D eigenvalue weighted by Crippen LogP contribution is -2.31. The number of carbonyl (C=O) groups is 1. The zero-order valence-electron chi connectivity index (χ0n) is 10.9. The maximum atomic E-state index is 12.0. The van der Waals surface area contributed by atoms with Crippen LogP contribution < -0.4 is 16.4 Å². The molecule has 1 rings (SSSR count). The minimum absolute atomic E-state index is 0.0633. The van der Waals surface area contributed by atoms with E-state index in [1.807, 2.05) is 0 Å². The van der Waals surface area contributed by atoms with E-state index in [2.05, 4.69) is 15.0 Å². The fourth-order valence-corrected chi connectivity index (χ4v) is 2.48. The van der Waals surface area contributed by atoms with Crippen molar-refractivity contribution >= 4 is 40.0 Å². The van der Waals surface area contributed by atoms with Gasteiger partial charge in [0.2, 0.25) is 0 Å². The van der Waals surface area contributed by atoms with E-state index < -0.39 is 11.4 Å². The Hall–Kier alpha value is -1.16. The van der Waals surface area contributed by atoms with Crippen LogP contribution in [-0.4, -0.2) is 34.1 Å². The number of halogens is 3. The lowest BCUT2D eigenvalue weighted by molar-refractivity contribution is -0.0327. The molecule has 0 aliphatic heterocycles. The van der Waals surface area contributed by atoms with Crippen LogP contribution in [0.4, 0.5) is 24.0 Å². The van der Waals surface area contributed by atoms with Crippen molar-refractivity contribution in [3.05, 3.63) is 5.56 Å². The molecule has 10 heteroatoms. The van der Waals surface area contributed by atoms with E-state index in [9.17, 15) is 18.0 Å². The molecule has 1 aromatic rings. The molecule has 0 aromatic carbocycles. The summed E-state index contributed by atoms with van der Waals surface area (Å²) in [5.74, 6) is -0.483. The standard InChI is InChI=1S/C10H15F3N4OS2/c1-5(2)16-8(18)6-7(14)17-20-9(6)15-3-4-19-10(11,12)13/h5,15H,3-4H2,1-2H3,(H2,14,17)(H,16,18). The Kier molecular flexibility index (Phi) is 5.93. The number of rotatable bonds is 6. The van der Waals surface area contributed by atoms with Crippen molar-refractivity contribution in [3.63, 3.8) is 0 Å². The number of aromatic nitrogens is 1. The van der Waals surface area contributed by atoms with Gasteiger partial charge in [-0.3, -0.25) is 4.79 Å². The number of anilines is 2. The van der Waals surface area contributed by atoms with Gasteiger partial charge >= 0.3 is 5.51 Å². The summed E-state index contributed by atoms with van der Waals surface area (Å²) in [7, 11) is 0. The molecule has 0 radical (unpaired) electrons. The first-order chi connectivity index (χ1) is 9.20. The van der Waals surface area contributed by atoms with Crippen molar-refractivity contribution < 1.29 is 18.0 Å². The topological polar surface area (TPSA) is 80.0 Å². The van der Waals surface area contributed by atoms with Crippen LogP contribution in [0.2, 0.25) is 0 Å². The maximum Gasteiger partial charge on any atom is 0.441 e. The Labute approximate surface area is 122 Å². The number of amides is 1. The van der Waals surface area contributed by atoms with E-state index in [0.29, 0.717) is 5.00 Å². The second kappa shape index (κ2) is 7.02. The van der Waals surface area contributed by atoms with E-state index in [1.54, 1.807) is 13.8 Å². The summed E-state index contributed by atoms with van der Waals surface area (Å²) in [6.07, 6.45) is 0. The van der Waals surface area contributed by atoms with Gasteiger partial charge in [-0.15, -0.1) is 0 Å². The van der Waals surface area contributed by atoms with E-state index >= 15 is 0 Å². The van der Waals surface area contributed by atoms with Crippen LogP contribution in [0, 0.1) is 0 Å². The lowest BCUT2D eigenvalue weighted by atomic mass is 10.2. The molecule has 5 nitrogen and oxygen atoms in total.